The lowest BCUT2D eigenvalue weighted by Crippen LogP contribution is -1.99. The molecule has 0 fully saturated rings. The minimum absolute atomic E-state index is 0.106. The molecular weight excluding hydrogens is 328 g/mol. The van der Waals surface area contributed by atoms with Gasteiger partial charge in [0.15, 0.2) is 0 Å². The number of allylic oxidation sites excluding steroid dienone is 8. The summed E-state index contributed by atoms with van der Waals surface area (Å²) >= 11 is 0. The standard InChI is InChI=1S/C22H32O4/c1-2-3-4-5-6-10-15-20(23)16-11-7-8-12-17-21(24)18-13-9-14-19-22(25)26/h3-4,6-13,16-17,20-21,23-24H,2,5,14-15,18-19H2,1H3,(H,25,26)/b4-3-,8-7+,10-6-,13-9-,16-11+,17-12+/t20-,21+/m0/s1. The largest absolute Gasteiger partial charge is 0.481 e. The maximum absolute atomic E-state index is 10.3. The van der Waals surface area contributed by atoms with E-state index in [0.717, 1.165) is 12.8 Å². The highest BCUT2D eigenvalue weighted by Gasteiger charge is 1.95. The van der Waals surface area contributed by atoms with E-state index in [2.05, 4.69) is 19.1 Å². The molecule has 0 spiro atoms. The number of aliphatic hydroxyl groups excluding tert-OH is 2. The Bertz CT molecular complexity index is 524. The predicted octanol–water partition coefficient (Wildman–Crippen LogP) is 4.49. The summed E-state index contributed by atoms with van der Waals surface area (Å²) in [6.07, 6.45) is 24.7. The number of aliphatic hydroxyl groups is 2. The van der Waals surface area contributed by atoms with E-state index in [1.54, 1.807) is 48.6 Å². The summed E-state index contributed by atoms with van der Waals surface area (Å²) < 4.78 is 0. The number of rotatable bonds is 14. The van der Waals surface area contributed by atoms with Crippen LogP contribution in [-0.2, 0) is 4.79 Å². The smallest absolute Gasteiger partial charge is 0.303 e. The van der Waals surface area contributed by atoms with Crippen molar-refractivity contribution in [2.45, 2.75) is 57.7 Å². The molecule has 0 amide bonds. The number of hydrogen-bond donors (Lipinski definition) is 3. The summed E-state index contributed by atoms with van der Waals surface area (Å²) in [5.41, 5.74) is 0. The molecule has 3 N–H and O–H groups in total. The molecule has 0 saturated heterocycles. The molecular formula is C22H32O4. The second-order valence-electron chi connectivity index (χ2n) is 5.75. The van der Waals surface area contributed by atoms with E-state index < -0.39 is 18.2 Å². The molecule has 0 aliphatic rings. The van der Waals surface area contributed by atoms with Gasteiger partial charge in [0.05, 0.1) is 12.2 Å². The Morgan fingerprint density at radius 3 is 1.88 bits per heavy atom. The molecule has 0 radical (unpaired) electrons. The Morgan fingerprint density at radius 2 is 1.35 bits per heavy atom. The first kappa shape index (κ1) is 23.8. The zero-order chi connectivity index (χ0) is 19.5. The van der Waals surface area contributed by atoms with Gasteiger partial charge in [-0.3, -0.25) is 4.79 Å². The van der Waals surface area contributed by atoms with E-state index in [4.69, 9.17) is 5.11 Å². The lowest BCUT2D eigenvalue weighted by molar-refractivity contribution is -0.136. The van der Waals surface area contributed by atoms with Gasteiger partial charge in [-0.1, -0.05) is 79.8 Å². The second kappa shape index (κ2) is 17.6. The number of hydrogen-bond acceptors (Lipinski definition) is 3. The average molecular weight is 360 g/mol. The highest BCUT2D eigenvalue weighted by molar-refractivity contribution is 5.66. The molecule has 0 rings (SSSR count). The Balaban J connectivity index is 3.91. The molecule has 0 aliphatic carbocycles. The van der Waals surface area contributed by atoms with Gasteiger partial charge in [0, 0.05) is 6.42 Å². The monoisotopic (exact) mass is 360 g/mol. The van der Waals surface area contributed by atoms with Crippen LogP contribution in [0.25, 0.3) is 0 Å². The second-order valence-corrected chi connectivity index (χ2v) is 5.75. The summed E-state index contributed by atoms with van der Waals surface area (Å²) in [7, 11) is 0. The minimum Gasteiger partial charge on any atom is -0.481 e. The lowest BCUT2D eigenvalue weighted by Gasteiger charge is -1.99. The van der Waals surface area contributed by atoms with Gasteiger partial charge in [-0.05, 0) is 32.1 Å². The third-order valence-electron chi connectivity index (χ3n) is 3.29. The van der Waals surface area contributed by atoms with Crippen LogP contribution in [0.3, 0.4) is 0 Å². The van der Waals surface area contributed by atoms with Crippen molar-refractivity contribution in [2.75, 3.05) is 0 Å². The van der Waals surface area contributed by atoms with Crippen LogP contribution in [0.15, 0.2) is 72.9 Å². The highest BCUT2D eigenvalue weighted by Crippen LogP contribution is 2.00. The molecule has 0 saturated carbocycles. The van der Waals surface area contributed by atoms with Crippen LogP contribution in [-0.4, -0.2) is 33.5 Å². The molecule has 26 heavy (non-hydrogen) atoms. The van der Waals surface area contributed by atoms with Crippen LogP contribution in [0.1, 0.15) is 45.4 Å². The van der Waals surface area contributed by atoms with Crippen LogP contribution in [0.5, 0.6) is 0 Å². The lowest BCUT2D eigenvalue weighted by atomic mass is 10.2. The molecule has 0 aromatic heterocycles. The van der Waals surface area contributed by atoms with Crippen LogP contribution >= 0.6 is 0 Å². The molecule has 0 aliphatic heterocycles. The fraction of sp³-hybridized carbons (Fsp3) is 0.409. The van der Waals surface area contributed by atoms with Gasteiger partial charge in [-0.2, -0.15) is 0 Å². The van der Waals surface area contributed by atoms with Crippen molar-refractivity contribution in [1.82, 2.24) is 0 Å². The predicted molar refractivity (Wildman–Crippen MR) is 108 cm³/mol. The van der Waals surface area contributed by atoms with Crippen LogP contribution < -0.4 is 0 Å². The van der Waals surface area contributed by atoms with E-state index in [0.29, 0.717) is 19.3 Å². The maximum Gasteiger partial charge on any atom is 0.303 e. The van der Waals surface area contributed by atoms with E-state index in [1.807, 2.05) is 12.2 Å². The van der Waals surface area contributed by atoms with Crippen LogP contribution in [0, 0.1) is 0 Å². The summed E-state index contributed by atoms with van der Waals surface area (Å²) in [6.45, 7) is 2.10. The van der Waals surface area contributed by atoms with E-state index in [9.17, 15) is 15.0 Å². The van der Waals surface area contributed by atoms with Gasteiger partial charge in [-0.15, -0.1) is 0 Å². The zero-order valence-corrected chi connectivity index (χ0v) is 15.6. The van der Waals surface area contributed by atoms with Crippen molar-refractivity contribution in [3.05, 3.63) is 72.9 Å². The number of carboxylic acid groups (broad SMARTS) is 1. The minimum atomic E-state index is -0.821. The van der Waals surface area contributed by atoms with Gasteiger partial charge in [-0.25, -0.2) is 0 Å². The SMILES string of the molecule is CC/C=C\C/C=C\C[C@H](O)/C=C/C=C/C=C/[C@@H](O)C/C=C\CCC(=O)O. The fourth-order valence-corrected chi connectivity index (χ4v) is 1.90. The third kappa shape index (κ3) is 18.2. The van der Waals surface area contributed by atoms with Crippen LogP contribution in [0.2, 0.25) is 0 Å². The van der Waals surface area contributed by atoms with Crippen molar-refractivity contribution < 1.29 is 20.1 Å². The first-order chi connectivity index (χ1) is 12.6. The fourth-order valence-electron chi connectivity index (χ4n) is 1.90. The molecule has 144 valence electrons. The Kier molecular flexibility index (Phi) is 16.2. The van der Waals surface area contributed by atoms with E-state index >= 15 is 0 Å². The Morgan fingerprint density at radius 1 is 0.808 bits per heavy atom. The molecule has 4 nitrogen and oxygen atoms in total. The van der Waals surface area contributed by atoms with Gasteiger partial charge in [0.1, 0.15) is 0 Å². The highest BCUT2D eigenvalue weighted by atomic mass is 16.4. The number of carboxylic acids is 1. The number of aliphatic carboxylic acids is 1. The molecule has 2 atom stereocenters. The topological polar surface area (TPSA) is 77.8 Å². The molecule has 0 bridgehead atoms. The van der Waals surface area contributed by atoms with Crippen molar-refractivity contribution >= 4 is 5.97 Å². The molecule has 0 aromatic rings. The average Bonchev–Trinajstić information content (AvgIpc) is 2.60. The number of carbonyl (C=O) groups is 1. The first-order valence-corrected chi connectivity index (χ1v) is 9.10. The van der Waals surface area contributed by atoms with Crippen molar-refractivity contribution in [3.63, 3.8) is 0 Å². The van der Waals surface area contributed by atoms with E-state index in [1.165, 1.54) is 0 Å². The van der Waals surface area contributed by atoms with Gasteiger partial charge in [0.25, 0.3) is 0 Å². The Labute approximate surface area is 157 Å². The van der Waals surface area contributed by atoms with Crippen molar-refractivity contribution in [1.29, 1.82) is 0 Å². The van der Waals surface area contributed by atoms with Gasteiger partial charge < -0.3 is 15.3 Å². The van der Waals surface area contributed by atoms with Crippen molar-refractivity contribution in [3.8, 4) is 0 Å². The quantitative estimate of drug-likeness (QED) is 0.315. The summed E-state index contributed by atoms with van der Waals surface area (Å²) in [5, 5.41) is 28.0. The van der Waals surface area contributed by atoms with Crippen LogP contribution in [0.4, 0.5) is 0 Å². The van der Waals surface area contributed by atoms with Gasteiger partial charge >= 0.3 is 5.97 Å². The van der Waals surface area contributed by atoms with E-state index in [-0.39, 0.29) is 6.42 Å². The first-order valence-electron chi connectivity index (χ1n) is 9.10. The zero-order valence-electron chi connectivity index (χ0n) is 15.6. The maximum atomic E-state index is 10.3. The molecule has 0 aromatic carbocycles. The van der Waals surface area contributed by atoms with Gasteiger partial charge in [0.2, 0.25) is 0 Å². The summed E-state index contributed by atoms with van der Waals surface area (Å²) in [4.78, 5) is 10.3. The normalized spacial score (nSPS) is 15.5. The summed E-state index contributed by atoms with van der Waals surface area (Å²) in [5.74, 6) is -0.821. The summed E-state index contributed by atoms with van der Waals surface area (Å²) in [6, 6.07) is 0. The molecule has 4 heteroatoms. The Hall–Kier alpha value is -2.17. The molecule has 0 unspecified atom stereocenters. The third-order valence-corrected chi connectivity index (χ3v) is 3.29. The molecule has 0 heterocycles. The van der Waals surface area contributed by atoms with Crippen molar-refractivity contribution in [2.24, 2.45) is 0 Å².